The monoisotopic (exact) mass is 323 g/mol. The van der Waals surface area contributed by atoms with E-state index >= 15 is 0 Å². The summed E-state index contributed by atoms with van der Waals surface area (Å²) in [7, 11) is 0. The molecule has 0 aliphatic carbocycles. The predicted molar refractivity (Wildman–Crippen MR) is 88.1 cm³/mol. The van der Waals surface area contributed by atoms with Crippen molar-refractivity contribution >= 4 is 29.9 Å². The zero-order chi connectivity index (χ0) is 14.7. The summed E-state index contributed by atoms with van der Waals surface area (Å²) in [5, 5.41) is 6.19. The third-order valence-corrected chi connectivity index (χ3v) is 4.19. The maximum Gasteiger partial charge on any atom is 0.227 e. The van der Waals surface area contributed by atoms with Crippen LogP contribution in [0.2, 0.25) is 0 Å². The number of hydrogen-bond donors (Lipinski definition) is 2. The van der Waals surface area contributed by atoms with Crippen LogP contribution in [0.1, 0.15) is 24.8 Å². The van der Waals surface area contributed by atoms with E-state index in [4.69, 9.17) is 0 Å². The van der Waals surface area contributed by atoms with E-state index in [0.29, 0.717) is 13.0 Å². The summed E-state index contributed by atoms with van der Waals surface area (Å²) in [5.74, 6) is 0.393. The summed E-state index contributed by atoms with van der Waals surface area (Å²) >= 11 is 0. The minimum absolute atomic E-state index is 0. The minimum Gasteiger partial charge on any atom is -0.352 e. The van der Waals surface area contributed by atoms with Crippen molar-refractivity contribution < 1.29 is 9.59 Å². The van der Waals surface area contributed by atoms with Crippen molar-refractivity contribution in [1.82, 2.24) is 10.6 Å². The average molecular weight is 324 g/mol. The first-order valence-corrected chi connectivity index (χ1v) is 7.62. The SMILES string of the molecule is Cl.O=C(NCc1cccc(N2CCCC2=O)c1)C1CCNC1. The van der Waals surface area contributed by atoms with Gasteiger partial charge in [-0.25, -0.2) is 0 Å². The van der Waals surface area contributed by atoms with Gasteiger partial charge in [-0.2, -0.15) is 0 Å². The lowest BCUT2D eigenvalue weighted by Crippen LogP contribution is -2.31. The van der Waals surface area contributed by atoms with Crippen LogP contribution in [-0.4, -0.2) is 31.4 Å². The molecule has 1 aromatic rings. The van der Waals surface area contributed by atoms with E-state index in [1.807, 2.05) is 29.2 Å². The van der Waals surface area contributed by atoms with Gasteiger partial charge in [-0.1, -0.05) is 12.1 Å². The first-order valence-electron chi connectivity index (χ1n) is 7.62. The maximum absolute atomic E-state index is 12.0. The average Bonchev–Trinajstić information content (AvgIpc) is 3.16. The lowest BCUT2D eigenvalue weighted by Gasteiger charge is -2.17. The molecular formula is C16H22ClN3O2. The molecule has 1 aromatic carbocycles. The van der Waals surface area contributed by atoms with Gasteiger partial charge in [0.1, 0.15) is 0 Å². The molecule has 3 rings (SSSR count). The van der Waals surface area contributed by atoms with Crippen LogP contribution in [-0.2, 0) is 16.1 Å². The van der Waals surface area contributed by atoms with Crippen molar-refractivity contribution in [3.8, 4) is 0 Å². The van der Waals surface area contributed by atoms with E-state index < -0.39 is 0 Å². The normalized spacial score (nSPS) is 20.8. The number of nitrogens with one attached hydrogen (secondary N) is 2. The molecule has 2 heterocycles. The fraction of sp³-hybridized carbons (Fsp3) is 0.500. The number of rotatable bonds is 4. The Labute approximate surface area is 136 Å². The van der Waals surface area contributed by atoms with Crippen LogP contribution >= 0.6 is 12.4 Å². The summed E-state index contributed by atoms with van der Waals surface area (Å²) < 4.78 is 0. The topological polar surface area (TPSA) is 61.4 Å². The van der Waals surface area contributed by atoms with Crippen LogP contribution < -0.4 is 15.5 Å². The van der Waals surface area contributed by atoms with Crippen LogP contribution in [0.25, 0.3) is 0 Å². The largest absolute Gasteiger partial charge is 0.352 e. The van der Waals surface area contributed by atoms with Gasteiger partial charge in [-0.3, -0.25) is 9.59 Å². The second-order valence-electron chi connectivity index (χ2n) is 5.73. The summed E-state index contributed by atoms with van der Waals surface area (Å²) in [4.78, 5) is 25.6. The van der Waals surface area contributed by atoms with Gasteiger partial charge in [0.25, 0.3) is 0 Å². The molecule has 0 spiro atoms. The maximum atomic E-state index is 12.0. The molecule has 2 amide bonds. The molecule has 22 heavy (non-hydrogen) atoms. The van der Waals surface area contributed by atoms with E-state index in [0.717, 1.165) is 43.7 Å². The first-order chi connectivity index (χ1) is 10.2. The first kappa shape index (κ1) is 16.8. The Morgan fingerprint density at radius 2 is 2.27 bits per heavy atom. The van der Waals surface area contributed by atoms with Crippen LogP contribution in [0.3, 0.4) is 0 Å². The lowest BCUT2D eigenvalue weighted by atomic mass is 10.1. The third kappa shape index (κ3) is 3.78. The Morgan fingerprint density at radius 3 is 2.95 bits per heavy atom. The number of hydrogen-bond acceptors (Lipinski definition) is 3. The van der Waals surface area contributed by atoms with E-state index in [9.17, 15) is 9.59 Å². The van der Waals surface area contributed by atoms with Gasteiger partial charge in [0, 0.05) is 31.7 Å². The number of carbonyl (C=O) groups is 2. The van der Waals surface area contributed by atoms with Gasteiger partial charge in [0.05, 0.1) is 5.92 Å². The number of benzene rings is 1. The number of nitrogens with zero attached hydrogens (tertiary/aromatic N) is 1. The standard InChI is InChI=1S/C16H21N3O2.ClH/c20-15-5-2-8-19(15)14-4-1-3-12(9-14)10-18-16(21)13-6-7-17-11-13;/h1,3-4,9,13,17H,2,5-8,10-11H2,(H,18,21);1H. The predicted octanol–water partition coefficient (Wildman–Crippen LogP) is 1.46. The van der Waals surface area contributed by atoms with Gasteiger partial charge >= 0.3 is 0 Å². The van der Waals surface area contributed by atoms with Crippen molar-refractivity contribution in [2.75, 3.05) is 24.5 Å². The highest BCUT2D eigenvalue weighted by molar-refractivity contribution is 5.95. The highest BCUT2D eigenvalue weighted by Crippen LogP contribution is 2.22. The molecule has 2 aliphatic rings. The number of halogens is 1. The molecule has 6 heteroatoms. The van der Waals surface area contributed by atoms with Crippen LogP contribution in [0.5, 0.6) is 0 Å². The highest BCUT2D eigenvalue weighted by Gasteiger charge is 2.23. The summed E-state index contributed by atoms with van der Waals surface area (Å²) in [6, 6.07) is 7.88. The summed E-state index contributed by atoms with van der Waals surface area (Å²) in [5.41, 5.74) is 1.97. The Morgan fingerprint density at radius 1 is 1.41 bits per heavy atom. The molecule has 1 unspecified atom stereocenters. The van der Waals surface area contributed by atoms with Crippen LogP contribution in [0.15, 0.2) is 24.3 Å². The van der Waals surface area contributed by atoms with Gasteiger partial charge in [-0.05, 0) is 37.1 Å². The number of carbonyl (C=O) groups excluding carboxylic acids is 2. The van der Waals surface area contributed by atoms with E-state index in [2.05, 4.69) is 10.6 Å². The Hall–Kier alpha value is -1.59. The van der Waals surface area contributed by atoms with Crippen molar-refractivity contribution in [3.63, 3.8) is 0 Å². The van der Waals surface area contributed by atoms with Crippen molar-refractivity contribution in [2.24, 2.45) is 5.92 Å². The molecule has 5 nitrogen and oxygen atoms in total. The van der Waals surface area contributed by atoms with Gasteiger partial charge in [0.15, 0.2) is 0 Å². The summed E-state index contributed by atoms with van der Waals surface area (Å²) in [6.45, 7) is 3.01. The fourth-order valence-electron chi connectivity index (χ4n) is 2.97. The van der Waals surface area contributed by atoms with E-state index in [-0.39, 0.29) is 30.1 Å². The van der Waals surface area contributed by atoms with Crippen LogP contribution in [0.4, 0.5) is 5.69 Å². The number of anilines is 1. The second kappa shape index (κ2) is 7.61. The quantitative estimate of drug-likeness (QED) is 0.882. The van der Waals surface area contributed by atoms with Crippen molar-refractivity contribution in [1.29, 1.82) is 0 Å². The smallest absolute Gasteiger partial charge is 0.227 e. The second-order valence-corrected chi connectivity index (χ2v) is 5.73. The fourth-order valence-corrected chi connectivity index (χ4v) is 2.97. The van der Waals surface area contributed by atoms with Gasteiger partial charge in [-0.15, -0.1) is 12.4 Å². The van der Waals surface area contributed by atoms with Gasteiger partial charge in [0.2, 0.25) is 11.8 Å². The molecule has 2 N–H and O–H groups in total. The Balaban J connectivity index is 0.00000176. The molecular weight excluding hydrogens is 302 g/mol. The zero-order valence-corrected chi connectivity index (χ0v) is 13.3. The Bertz CT molecular complexity index is 544. The molecule has 0 radical (unpaired) electrons. The third-order valence-electron chi connectivity index (χ3n) is 4.19. The molecule has 1 atom stereocenters. The molecule has 120 valence electrons. The molecule has 2 aliphatic heterocycles. The molecule has 2 fully saturated rings. The zero-order valence-electron chi connectivity index (χ0n) is 12.5. The van der Waals surface area contributed by atoms with Crippen molar-refractivity contribution in [2.45, 2.75) is 25.8 Å². The highest BCUT2D eigenvalue weighted by atomic mass is 35.5. The number of amides is 2. The van der Waals surface area contributed by atoms with Crippen LogP contribution in [0, 0.1) is 5.92 Å². The van der Waals surface area contributed by atoms with Gasteiger partial charge < -0.3 is 15.5 Å². The molecule has 0 aromatic heterocycles. The summed E-state index contributed by atoms with van der Waals surface area (Å²) in [6.07, 6.45) is 2.47. The van der Waals surface area contributed by atoms with Crippen molar-refractivity contribution in [3.05, 3.63) is 29.8 Å². The van der Waals surface area contributed by atoms with E-state index in [1.165, 1.54) is 0 Å². The molecule has 0 bridgehead atoms. The Kier molecular flexibility index (Phi) is 5.80. The molecule has 0 saturated carbocycles. The van der Waals surface area contributed by atoms with E-state index in [1.54, 1.807) is 0 Å². The lowest BCUT2D eigenvalue weighted by molar-refractivity contribution is -0.124. The minimum atomic E-state index is 0. The molecule has 2 saturated heterocycles.